The van der Waals surface area contributed by atoms with Crippen LogP contribution in [0.3, 0.4) is 0 Å². The molecule has 0 fully saturated rings. The molecule has 168 valence electrons. The Hall–Kier alpha value is -1.76. The topological polar surface area (TPSA) is 49.4 Å². The molecule has 0 aliphatic rings. The van der Waals surface area contributed by atoms with Crippen LogP contribution in [-0.4, -0.2) is 34.6 Å². The minimum Gasteiger partial charge on any atom is -0.352 e. The Bertz CT molecular complexity index is 875. The number of benzene rings is 2. The molecule has 2 aromatic rings. The summed E-state index contributed by atoms with van der Waals surface area (Å²) in [5.41, 5.74) is 1.23. The molecule has 2 atom stereocenters. The number of hydrogen-bond acceptors (Lipinski definition) is 3. The molecule has 1 N–H and O–H groups in total. The summed E-state index contributed by atoms with van der Waals surface area (Å²) in [4.78, 5) is 27.3. The predicted molar refractivity (Wildman–Crippen MR) is 127 cm³/mol. The zero-order valence-corrected chi connectivity index (χ0v) is 20.2. The summed E-state index contributed by atoms with van der Waals surface area (Å²) in [5, 5.41) is 3.86. The highest BCUT2D eigenvalue weighted by Crippen LogP contribution is 2.24. The molecule has 4 nitrogen and oxygen atoms in total. The van der Waals surface area contributed by atoms with Gasteiger partial charge in [0, 0.05) is 33.9 Å². The van der Waals surface area contributed by atoms with E-state index in [1.54, 1.807) is 31.2 Å². The first kappa shape index (κ1) is 25.5. The van der Waals surface area contributed by atoms with E-state index in [4.69, 9.17) is 23.2 Å². The highest BCUT2D eigenvalue weighted by Gasteiger charge is 2.26. The first-order chi connectivity index (χ1) is 14.7. The summed E-state index contributed by atoms with van der Waals surface area (Å²) >= 11 is 13.3. The van der Waals surface area contributed by atoms with E-state index < -0.39 is 11.9 Å². The third-order valence-electron chi connectivity index (χ3n) is 4.97. The molecule has 0 aliphatic carbocycles. The standard InChI is InChI=1S/C23H27Cl2FN2O2S/c1-4-15(2)27-23(30)16(3)28(12-17-8-10-18(24)11-9-17)22(29)14-31-13-19-20(25)6-5-7-21(19)26/h5-11,15-16H,4,12-14H2,1-3H3,(H,27,30)/t15-,16+/m0/s1. The van der Waals surface area contributed by atoms with Gasteiger partial charge in [-0.05, 0) is 50.1 Å². The van der Waals surface area contributed by atoms with Gasteiger partial charge in [0.2, 0.25) is 11.8 Å². The quantitative estimate of drug-likeness (QED) is 0.470. The zero-order valence-electron chi connectivity index (χ0n) is 17.8. The van der Waals surface area contributed by atoms with E-state index in [1.165, 1.54) is 22.7 Å². The number of rotatable bonds is 10. The van der Waals surface area contributed by atoms with Gasteiger partial charge in [0.05, 0.1) is 5.75 Å². The lowest BCUT2D eigenvalue weighted by molar-refractivity contribution is -0.138. The molecule has 8 heteroatoms. The molecule has 0 bridgehead atoms. The van der Waals surface area contributed by atoms with Crippen LogP contribution < -0.4 is 5.32 Å². The molecule has 0 spiro atoms. The second kappa shape index (κ2) is 12.3. The Kier molecular flexibility index (Phi) is 10.1. The number of halogens is 3. The molecule has 0 unspecified atom stereocenters. The van der Waals surface area contributed by atoms with Crippen LogP contribution in [0.2, 0.25) is 10.0 Å². The van der Waals surface area contributed by atoms with E-state index in [1.807, 2.05) is 26.0 Å². The highest BCUT2D eigenvalue weighted by atomic mass is 35.5. The molecular formula is C23H27Cl2FN2O2S. The number of hydrogen-bond donors (Lipinski definition) is 1. The zero-order chi connectivity index (χ0) is 23.0. The summed E-state index contributed by atoms with van der Waals surface area (Å²) in [6, 6.07) is 11.0. The number of nitrogens with one attached hydrogen (secondary N) is 1. The summed E-state index contributed by atoms with van der Waals surface area (Å²) < 4.78 is 14.0. The smallest absolute Gasteiger partial charge is 0.242 e. The molecule has 31 heavy (non-hydrogen) atoms. The number of nitrogens with zero attached hydrogens (tertiary/aromatic N) is 1. The Labute approximate surface area is 197 Å². The monoisotopic (exact) mass is 484 g/mol. The van der Waals surface area contributed by atoms with Crippen molar-refractivity contribution in [3.63, 3.8) is 0 Å². The Morgan fingerprint density at radius 3 is 2.42 bits per heavy atom. The van der Waals surface area contributed by atoms with E-state index in [9.17, 15) is 14.0 Å². The fraction of sp³-hybridized carbons (Fsp3) is 0.391. The Morgan fingerprint density at radius 1 is 1.13 bits per heavy atom. The second-order valence-electron chi connectivity index (χ2n) is 7.33. The van der Waals surface area contributed by atoms with Crippen molar-refractivity contribution in [1.82, 2.24) is 10.2 Å². The lowest BCUT2D eigenvalue weighted by Crippen LogP contribution is -2.50. The van der Waals surface area contributed by atoms with Gasteiger partial charge in [-0.1, -0.05) is 48.3 Å². The molecular weight excluding hydrogens is 458 g/mol. The highest BCUT2D eigenvalue weighted by molar-refractivity contribution is 7.99. The van der Waals surface area contributed by atoms with Gasteiger partial charge < -0.3 is 10.2 Å². The maximum Gasteiger partial charge on any atom is 0.242 e. The summed E-state index contributed by atoms with van der Waals surface area (Å²) in [6.45, 7) is 5.89. The van der Waals surface area contributed by atoms with Crippen LogP contribution in [0.5, 0.6) is 0 Å². The average molecular weight is 485 g/mol. The average Bonchev–Trinajstić information content (AvgIpc) is 2.74. The molecule has 0 heterocycles. The first-order valence-corrected chi connectivity index (χ1v) is 12.0. The van der Waals surface area contributed by atoms with E-state index in [0.29, 0.717) is 15.6 Å². The van der Waals surface area contributed by atoms with Crippen LogP contribution in [0.15, 0.2) is 42.5 Å². The molecule has 2 aromatic carbocycles. The van der Waals surface area contributed by atoms with Crippen molar-refractivity contribution < 1.29 is 14.0 Å². The molecule has 2 rings (SSSR count). The normalized spacial score (nSPS) is 12.8. The van der Waals surface area contributed by atoms with Gasteiger partial charge >= 0.3 is 0 Å². The van der Waals surface area contributed by atoms with Crippen molar-refractivity contribution in [2.24, 2.45) is 0 Å². The van der Waals surface area contributed by atoms with Crippen molar-refractivity contribution in [3.8, 4) is 0 Å². The van der Waals surface area contributed by atoms with Gasteiger partial charge in [0.15, 0.2) is 0 Å². The maximum absolute atomic E-state index is 14.0. The number of carbonyl (C=O) groups excluding carboxylic acids is 2. The van der Waals surface area contributed by atoms with Crippen LogP contribution in [-0.2, 0) is 21.9 Å². The minimum absolute atomic E-state index is 0.0139. The molecule has 0 aromatic heterocycles. The summed E-state index contributed by atoms with van der Waals surface area (Å²) in [7, 11) is 0. The van der Waals surface area contributed by atoms with Crippen molar-refractivity contribution in [1.29, 1.82) is 0 Å². The van der Waals surface area contributed by atoms with Gasteiger partial charge in [-0.15, -0.1) is 11.8 Å². The predicted octanol–water partition coefficient (Wildman–Crippen LogP) is 5.70. The fourth-order valence-electron chi connectivity index (χ4n) is 2.83. The Balaban J connectivity index is 2.11. The number of amides is 2. The van der Waals surface area contributed by atoms with E-state index >= 15 is 0 Å². The number of thioether (sulfide) groups is 1. The van der Waals surface area contributed by atoms with Crippen molar-refractivity contribution >= 4 is 46.8 Å². The van der Waals surface area contributed by atoms with E-state index in [-0.39, 0.29) is 35.9 Å². The Morgan fingerprint density at radius 2 is 1.81 bits per heavy atom. The largest absolute Gasteiger partial charge is 0.352 e. The summed E-state index contributed by atoms with van der Waals surface area (Å²) in [5.74, 6) is -0.455. The van der Waals surface area contributed by atoms with Crippen LogP contribution >= 0.6 is 35.0 Å². The number of carbonyl (C=O) groups is 2. The third-order valence-corrected chi connectivity index (χ3v) is 6.52. The first-order valence-electron chi connectivity index (χ1n) is 10.1. The van der Waals surface area contributed by atoms with Crippen molar-refractivity contribution in [3.05, 3.63) is 69.5 Å². The SMILES string of the molecule is CC[C@H](C)NC(=O)[C@@H](C)N(Cc1ccc(Cl)cc1)C(=O)CSCc1c(F)cccc1Cl. The molecule has 0 aliphatic heterocycles. The lowest BCUT2D eigenvalue weighted by Gasteiger charge is -2.29. The van der Waals surface area contributed by atoms with Crippen molar-refractivity contribution in [2.45, 2.75) is 51.6 Å². The fourth-order valence-corrected chi connectivity index (χ4v) is 4.20. The van der Waals surface area contributed by atoms with Crippen LogP contribution in [0.4, 0.5) is 4.39 Å². The van der Waals surface area contributed by atoms with Gasteiger partial charge in [-0.25, -0.2) is 4.39 Å². The molecule has 0 saturated carbocycles. The maximum atomic E-state index is 14.0. The van der Waals surface area contributed by atoms with Crippen LogP contribution in [0.1, 0.15) is 38.3 Å². The van der Waals surface area contributed by atoms with Gasteiger partial charge in [-0.3, -0.25) is 9.59 Å². The van der Waals surface area contributed by atoms with Crippen molar-refractivity contribution in [2.75, 3.05) is 5.75 Å². The minimum atomic E-state index is -0.658. The van der Waals surface area contributed by atoms with Gasteiger partial charge in [0.1, 0.15) is 11.9 Å². The summed E-state index contributed by atoms with van der Waals surface area (Å²) in [6.07, 6.45) is 0.794. The lowest BCUT2D eigenvalue weighted by atomic mass is 10.1. The van der Waals surface area contributed by atoms with E-state index in [0.717, 1.165) is 12.0 Å². The molecule has 2 amide bonds. The molecule has 0 radical (unpaired) electrons. The second-order valence-corrected chi connectivity index (χ2v) is 9.16. The van der Waals surface area contributed by atoms with Gasteiger partial charge in [0.25, 0.3) is 0 Å². The van der Waals surface area contributed by atoms with Crippen LogP contribution in [0, 0.1) is 5.82 Å². The van der Waals surface area contributed by atoms with Gasteiger partial charge in [-0.2, -0.15) is 0 Å². The molecule has 0 saturated heterocycles. The third kappa shape index (κ3) is 7.70. The van der Waals surface area contributed by atoms with E-state index in [2.05, 4.69) is 5.32 Å². The van der Waals surface area contributed by atoms with Crippen LogP contribution in [0.25, 0.3) is 0 Å².